The van der Waals surface area contributed by atoms with Crippen LogP contribution in [0, 0.1) is 0 Å². The Balaban J connectivity index is 2.40. The van der Waals surface area contributed by atoms with Crippen LogP contribution in [0.1, 0.15) is 23.2 Å². The molecule has 0 spiro atoms. The number of hydrogen-bond acceptors (Lipinski definition) is 4. The van der Waals surface area contributed by atoms with Gasteiger partial charge in [-0.3, -0.25) is 4.79 Å². The average molecular weight is 304 g/mol. The maximum Gasteiger partial charge on any atom is 0.265 e. The molecular formula is C12H14ClNO4S. The highest BCUT2D eigenvalue weighted by atomic mass is 35.7. The smallest absolute Gasteiger partial charge is 0.265 e. The second-order valence-corrected chi connectivity index (χ2v) is 6.99. The predicted molar refractivity (Wildman–Crippen MR) is 71.1 cm³/mol. The quantitative estimate of drug-likeness (QED) is 0.796. The summed E-state index contributed by atoms with van der Waals surface area (Å²) >= 11 is 0. The molecule has 1 amide bonds. The largest absolute Gasteiger partial charge is 0.495 e. The summed E-state index contributed by atoms with van der Waals surface area (Å²) in [5.41, 5.74) is 0.287. The van der Waals surface area contributed by atoms with Crippen LogP contribution in [0.5, 0.6) is 5.75 Å². The van der Waals surface area contributed by atoms with E-state index in [2.05, 4.69) is 0 Å². The topological polar surface area (TPSA) is 63.7 Å². The molecule has 0 saturated heterocycles. The van der Waals surface area contributed by atoms with Gasteiger partial charge in [0.1, 0.15) is 10.6 Å². The zero-order valence-corrected chi connectivity index (χ0v) is 12.2. The lowest BCUT2D eigenvalue weighted by molar-refractivity contribution is 0.0785. The molecule has 0 aliphatic heterocycles. The fourth-order valence-corrected chi connectivity index (χ4v) is 2.85. The lowest BCUT2D eigenvalue weighted by atomic mass is 10.2. The maximum absolute atomic E-state index is 12.2. The van der Waals surface area contributed by atoms with Crippen molar-refractivity contribution in [2.75, 3.05) is 14.2 Å². The molecule has 0 bridgehead atoms. The molecule has 1 aliphatic carbocycles. The summed E-state index contributed by atoms with van der Waals surface area (Å²) in [6.07, 6.45) is 1.97. The van der Waals surface area contributed by atoms with Gasteiger partial charge in [0.25, 0.3) is 15.0 Å². The van der Waals surface area contributed by atoms with Crippen LogP contribution >= 0.6 is 10.7 Å². The van der Waals surface area contributed by atoms with E-state index in [1.807, 2.05) is 0 Å². The Bertz CT molecular complexity index is 610. The van der Waals surface area contributed by atoms with Crippen molar-refractivity contribution in [1.82, 2.24) is 4.90 Å². The first-order valence-electron chi connectivity index (χ1n) is 5.74. The monoisotopic (exact) mass is 303 g/mol. The fraction of sp³-hybridized carbons (Fsp3) is 0.417. The van der Waals surface area contributed by atoms with Crippen molar-refractivity contribution in [3.05, 3.63) is 23.8 Å². The molecule has 0 radical (unpaired) electrons. The van der Waals surface area contributed by atoms with Crippen LogP contribution in [0.4, 0.5) is 0 Å². The number of amides is 1. The number of ether oxygens (including phenoxy) is 1. The molecule has 5 nitrogen and oxygen atoms in total. The SMILES string of the molecule is COc1ccc(C(=O)N(C)C2CC2)cc1S(=O)(=O)Cl. The Morgan fingerprint density at radius 3 is 2.53 bits per heavy atom. The molecule has 1 saturated carbocycles. The van der Waals surface area contributed by atoms with Crippen LogP contribution < -0.4 is 4.74 Å². The summed E-state index contributed by atoms with van der Waals surface area (Å²) in [6, 6.07) is 4.47. The first kappa shape index (κ1) is 14.1. The number of carbonyl (C=O) groups excluding carboxylic acids is 1. The molecule has 104 valence electrons. The molecule has 0 aromatic heterocycles. The van der Waals surface area contributed by atoms with Crippen LogP contribution in [0.25, 0.3) is 0 Å². The third kappa shape index (κ3) is 3.01. The van der Waals surface area contributed by atoms with Crippen molar-refractivity contribution in [3.63, 3.8) is 0 Å². The van der Waals surface area contributed by atoms with Gasteiger partial charge in [0, 0.05) is 29.3 Å². The van der Waals surface area contributed by atoms with E-state index in [4.69, 9.17) is 15.4 Å². The Morgan fingerprint density at radius 2 is 2.05 bits per heavy atom. The Labute approximate surface area is 116 Å². The van der Waals surface area contributed by atoms with Gasteiger partial charge in [-0.2, -0.15) is 0 Å². The zero-order valence-electron chi connectivity index (χ0n) is 10.6. The predicted octanol–water partition coefficient (Wildman–Crippen LogP) is 1.86. The highest BCUT2D eigenvalue weighted by Crippen LogP contribution is 2.30. The molecule has 0 heterocycles. The van der Waals surface area contributed by atoms with E-state index in [0.29, 0.717) is 0 Å². The molecule has 7 heteroatoms. The van der Waals surface area contributed by atoms with Crippen molar-refractivity contribution in [2.45, 2.75) is 23.8 Å². The lowest BCUT2D eigenvalue weighted by Crippen LogP contribution is -2.28. The van der Waals surface area contributed by atoms with Crippen LogP contribution in [0.15, 0.2) is 23.1 Å². The number of rotatable bonds is 4. The van der Waals surface area contributed by atoms with Gasteiger partial charge in [-0.05, 0) is 31.0 Å². The van der Waals surface area contributed by atoms with Crippen molar-refractivity contribution in [1.29, 1.82) is 0 Å². The summed E-state index contributed by atoms with van der Waals surface area (Å²) in [5.74, 6) is -0.0904. The molecule has 1 aromatic rings. The second kappa shape index (κ2) is 5.02. The Morgan fingerprint density at radius 1 is 1.42 bits per heavy atom. The van der Waals surface area contributed by atoms with E-state index >= 15 is 0 Å². The number of hydrogen-bond donors (Lipinski definition) is 0. The molecule has 1 fully saturated rings. The van der Waals surface area contributed by atoms with E-state index in [1.165, 1.54) is 25.3 Å². The minimum Gasteiger partial charge on any atom is -0.495 e. The second-order valence-electron chi connectivity index (χ2n) is 4.45. The normalized spacial score (nSPS) is 15.1. The molecule has 0 unspecified atom stereocenters. The number of methoxy groups -OCH3 is 1. The van der Waals surface area contributed by atoms with Gasteiger partial charge in [-0.25, -0.2) is 8.42 Å². The summed E-state index contributed by atoms with van der Waals surface area (Å²) in [7, 11) is 4.44. The highest BCUT2D eigenvalue weighted by molar-refractivity contribution is 8.13. The summed E-state index contributed by atoms with van der Waals surface area (Å²) in [4.78, 5) is 13.6. The zero-order chi connectivity index (χ0) is 14.2. The van der Waals surface area contributed by atoms with Crippen molar-refractivity contribution in [3.8, 4) is 5.75 Å². The Hall–Kier alpha value is -1.27. The van der Waals surface area contributed by atoms with Gasteiger partial charge in [-0.15, -0.1) is 0 Å². The van der Waals surface area contributed by atoms with Crippen LogP contribution in [0.3, 0.4) is 0 Å². The van der Waals surface area contributed by atoms with Gasteiger partial charge >= 0.3 is 0 Å². The van der Waals surface area contributed by atoms with E-state index in [-0.39, 0.29) is 28.2 Å². The number of nitrogens with zero attached hydrogens (tertiary/aromatic N) is 1. The first-order valence-corrected chi connectivity index (χ1v) is 8.05. The van der Waals surface area contributed by atoms with Crippen molar-refractivity contribution >= 4 is 25.6 Å². The molecule has 1 aromatic carbocycles. The minimum absolute atomic E-state index is 0.126. The highest BCUT2D eigenvalue weighted by Gasteiger charge is 2.30. The van der Waals surface area contributed by atoms with E-state index < -0.39 is 9.05 Å². The van der Waals surface area contributed by atoms with Gasteiger partial charge in [0.05, 0.1) is 7.11 Å². The van der Waals surface area contributed by atoms with E-state index in [0.717, 1.165) is 12.8 Å². The van der Waals surface area contributed by atoms with Crippen molar-refractivity contribution in [2.24, 2.45) is 0 Å². The third-order valence-corrected chi connectivity index (χ3v) is 4.43. The van der Waals surface area contributed by atoms with Crippen LogP contribution in [-0.2, 0) is 9.05 Å². The van der Waals surface area contributed by atoms with Gasteiger partial charge in [-0.1, -0.05) is 0 Å². The Kier molecular flexibility index (Phi) is 3.73. The standard InChI is InChI=1S/C12H14ClNO4S/c1-14(9-4-5-9)12(15)8-3-6-10(18-2)11(7-8)19(13,16)17/h3,6-7,9H,4-5H2,1-2H3. The van der Waals surface area contributed by atoms with E-state index in [9.17, 15) is 13.2 Å². The average Bonchev–Trinajstić information content (AvgIpc) is 3.19. The van der Waals surface area contributed by atoms with Crippen LogP contribution in [0.2, 0.25) is 0 Å². The molecule has 2 rings (SSSR count). The van der Waals surface area contributed by atoms with E-state index in [1.54, 1.807) is 11.9 Å². The lowest BCUT2D eigenvalue weighted by Gasteiger charge is -2.17. The van der Waals surface area contributed by atoms with Gasteiger partial charge < -0.3 is 9.64 Å². The van der Waals surface area contributed by atoms with Crippen molar-refractivity contribution < 1.29 is 17.9 Å². The van der Waals surface area contributed by atoms with Gasteiger partial charge in [0.2, 0.25) is 0 Å². The number of halogens is 1. The first-order chi connectivity index (χ1) is 8.84. The molecular weight excluding hydrogens is 290 g/mol. The van der Waals surface area contributed by atoms with Crippen LogP contribution in [-0.4, -0.2) is 39.4 Å². The number of carbonyl (C=O) groups is 1. The molecule has 0 N–H and O–H groups in total. The fourth-order valence-electron chi connectivity index (χ4n) is 1.83. The minimum atomic E-state index is -3.96. The summed E-state index contributed by atoms with van der Waals surface area (Å²) < 4.78 is 27.9. The number of benzene rings is 1. The molecule has 19 heavy (non-hydrogen) atoms. The molecule has 0 atom stereocenters. The van der Waals surface area contributed by atoms with Gasteiger partial charge in [0.15, 0.2) is 0 Å². The summed E-state index contributed by atoms with van der Waals surface area (Å²) in [6.45, 7) is 0. The maximum atomic E-state index is 12.2. The molecule has 1 aliphatic rings. The summed E-state index contributed by atoms with van der Waals surface area (Å²) in [5, 5.41) is 0. The third-order valence-electron chi connectivity index (χ3n) is 3.09.